The van der Waals surface area contributed by atoms with Gasteiger partial charge in [-0.15, -0.1) is 0 Å². The predicted molar refractivity (Wildman–Crippen MR) is 114 cm³/mol. The molecule has 154 valence electrons. The summed E-state index contributed by atoms with van der Waals surface area (Å²) in [4.78, 5) is 35.1. The first-order valence-electron chi connectivity index (χ1n) is 10.3. The second-order valence-electron chi connectivity index (χ2n) is 7.86. The smallest absolute Gasteiger partial charge is 0.261 e. The quantitative estimate of drug-likeness (QED) is 0.663. The molecule has 0 radical (unpaired) electrons. The molecular formula is C22H34N4O2. The van der Waals surface area contributed by atoms with Gasteiger partial charge in [0.15, 0.2) is 0 Å². The van der Waals surface area contributed by atoms with Gasteiger partial charge in [-0.2, -0.15) is 0 Å². The molecule has 6 heteroatoms. The Hall–Kier alpha value is -2.21. The van der Waals surface area contributed by atoms with Crippen molar-refractivity contribution < 1.29 is 4.79 Å². The Kier molecular flexibility index (Phi) is 7.75. The maximum Gasteiger partial charge on any atom is 0.261 e. The molecule has 0 saturated heterocycles. The van der Waals surface area contributed by atoms with Crippen LogP contribution < -0.4 is 5.56 Å². The van der Waals surface area contributed by atoms with Crippen molar-refractivity contribution in [1.29, 1.82) is 0 Å². The zero-order chi connectivity index (χ0) is 20.8. The molecular weight excluding hydrogens is 352 g/mol. The normalized spacial score (nSPS) is 12.7. The lowest BCUT2D eigenvalue weighted by Gasteiger charge is -2.34. The fraction of sp³-hybridized carbons (Fsp3) is 0.591. The van der Waals surface area contributed by atoms with Crippen LogP contribution in [0, 0.1) is 5.92 Å². The van der Waals surface area contributed by atoms with E-state index in [4.69, 9.17) is 4.98 Å². The second kappa shape index (κ2) is 9.82. The molecule has 0 saturated carbocycles. The van der Waals surface area contributed by atoms with Crippen molar-refractivity contribution in [2.75, 3.05) is 27.2 Å². The molecule has 0 bridgehead atoms. The highest BCUT2D eigenvalue weighted by atomic mass is 16.2. The van der Waals surface area contributed by atoms with Crippen molar-refractivity contribution in [2.45, 2.75) is 53.1 Å². The molecule has 0 aliphatic heterocycles. The third-order valence-electron chi connectivity index (χ3n) is 4.96. The van der Waals surface area contributed by atoms with E-state index in [2.05, 4.69) is 18.7 Å². The highest BCUT2D eigenvalue weighted by Crippen LogP contribution is 2.25. The summed E-state index contributed by atoms with van der Waals surface area (Å²) in [7, 11) is 4.00. The first kappa shape index (κ1) is 22.1. The van der Waals surface area contributed by atoms with Crippen LogP contribution >= 0.6 is 0 Å². The van der Waals surface area contributed by atoms with Crippen LogP contribution in [-0.4, -0.2) is 52.4 Å². The topological polar surface area (TPSA) is 58.4 Å². The van der Waals surface area contributed by atoms with E-state index in [0.29, 0.717) is 36.2 Å². The Balaban J connectivity index is 2.64. The monoisotopic (exact) mass is 386 g/mol. The van der Waals surface area contributed by atoms with E-state index < -0.39 is 0 Å². The van der Waals surface area contributed by atoms with Crippen LogP contribution in [0.1, 0.15) is 52.4 Å². The third kappa shape index (κ3) is 4.79. The lowest BCUT2D eigenvalue weighted by Crippen LogP contribution is -2.43. The average Bonchev–Trinajstić information content (AvgIpc) is 2.66. The fourth-order valence-corrected chi connectivity index (χ4v) is 3.48. The zero-order valence-electron chi connectivity index (χ0n) is 18.1. The van der Waals surface area contributed by atoms with Gasteiger partial charge in [-0.1, -0.05) is 39.8 Å². The first-order chi connectivity index (χ1) is 13.3. The van der Waals surface area contributed by atoms with Gasteiger partial charge in [0.05, 0.1) is 16.9 Å². The van der Waals surface area contributed by atoms with E-state index in [0.717, 1.165) is 13.0 Å². The van der Waals surface area contributed by atoms with E-state index in [1.807, 2.05) is 57.1 Å². The van der Waals surface area contributed by atoms with Crippen molar-refractivity contribution in [3.8, 4) is 0 Å². The lowest BCUT2D eigenvalue weighted by atomic mass is 10.1. The molecule has 2 aromatic rings. The SMILES string of the molecule is CCCn1c(C(CC)N(CCN(C)C)C(=O)C(C)C)nc2ccccc2c1=O. The van der Waals surface area contributed by atoms with Gasteiger partial charge in [-0.25, -0.2) is 4.98 Å². The van der Waals surface area contributed by atoms with Crippen molar-refractivity contribution in [3.05, 3.63) is 40.4 Å². The Bertz CT molecular complexity index is 857. The number of nitrogens with zero attached hydrogens (tertiary/aromatic N) is 4. The largest absolute Gasteiger partial charge is 0.331 e. The number of benzene rings is 1. The van der Waals surface area contributed by atoms with Crippen LogP contribution in [0.5, 0.6) is 0 Å². The molecule has 1 amide bonds. The number of carbonyl (C=O) groups is 1. The van der Waals surface area contributed by atoms with Gasteiger partial charge in [-0.05, 0) is 39.1 Å². The summed E-state index contributed by atoms with van der Waals surface area (Å²) >= 11 is 0. The molecule has 2 rings (SSSR count). The van der Waals surface area contributed by atoms with Gasteiger partial charge in [0, 0.05) is 25.6 Å². The minimum atomic E-state index is -0.223. The maximum atomic E-state index is 13.2. The summed E-state index contributed by atoms with van der Waals surface area (Å²) in [6, 6.07) is 7.23. The second-order valence-corrected chi connectivity index (χ2v) is 7.86. The molecule has 1 heterocycles. The van der Waals surface area contributed by atoms with Crippen LogP contribution in [0.3, 0.4) is 0 Å². The Labute approximate surface area is 168 Å². The third-order valence-corrected chi connectivity index (χ3v) is 4.96. The van der Waals surface area contributed by atoms with Gasteiger partial charge < -0.3 is 9.80 Å². The maximum absolute atomic E-state index is 13.2. The number of hydrogen-bond donors (Lipinski definition) is 0. The van der Waals surface area contributed by atoms with Gasteiger partial charge >= 0.3 is 0 Å². The van der Waals surface area contributed by atoms with Crippen LogP contribution in [0.2, 0.25) is 0 Å². The van der Waals surface area contributed by atoms with Crippen molar-refractivity contribution in [1.82, 2.24) is 19.4 Å². The molecule has 1 unspecified atom stereocenters. The number of rotatable bonds is 9. The summed E-state index contributed by atoms with van der Waals surface area (Å²) in [6.45, 7) is 9.92. The van der Waals surface area contributed by atoms with Gasteiger partial charge in [-0.3, -0.25) is 14.2 Å². The molecule has 0 aliphatic carbocycles. The lowest BCUT2D eigenvalue weighted by molar-refractivity contribution is -0.137. The van der Waals surface area contributed by atoms with Gasteiger partial charge in [0.1, 0.15) is 5.82 Å². The molecule has 1 atom stereocenters. The highest BCUT2D eigenvalue weighted by molar-refractivity contribution is 5.79. The average molecular weight is 387 g/mol. The number of hydrogen-bond acceptors (Lipinski definition) is 4. The van der Waals surface area contributed by atoms with E-state index in [1.165, 1.54) is 0 Å². The van der Waals surface area contributed by atoms with Crippen molar-refractivity contribution >= 4 is 16.8 Å². The summed E-state index contributed by atoms with van der Waals surface area (Å²) in [5.41, 5.74) is 0.670. The summed E-state index contributed by atoms with van der Waals surface area (Å²) in [5, 5.41) is 0.629. The Morgan fingerprint density at radius 1 is 1.14 bits per heavy atom. The molecule has 28 heavy (non-hydrogen) atoms. The number of likely N-dealkylation sites (N-methyl/N-ethyl adjacent to an activating group) is 1. The number of fused-ring (bicyclic) bond motifs is 1. The Morgan fingerprint density at radius 2 is 1.82 bits per heavy atom. The van der Waals surface area contributed by atoms with Crippen LogP contribution in [0.25, 0.3) is 10.9 Å². The summed E-state index contributed by atoms with van der Waals surface area (Å²) < 4.78 is 1.77. The minimum Gasteiger partial charge on any atom is -0.331 e. The summed E-state index contributed by atoms with van der Waals surface area (Å²) in [5.74, 6) is 0.683. The standard InChI is InChI=1S/C22H34N4O2/c1-7-13-26-20(23-18-12-10-9-11-17(18)22(26)28)19(8-2)25(15-14-24(5)6)21(27)16(3)4/h9-12,16,19H,7-8,13-15H2,1-6H3. The molecule has 0 fully saturated rings. The van der Waals surface area contributed by atoms with Crippen LogP contribution in [0.4, 0.5) is 0 Å². The van der Waals surface area contributed by atoms with E-state index >= 15 is 0 Å². The van der Waals surface area contributed by atoms with Crippen LogP contribution in [-0.2, 0) is 11.3 Å². The first-order valence-corrected chi connectivity index (χ1v) is 10.3. The van der Waals surface area contributed by atoms with E-state index in [1.54, 1.807) is 4.57 Å². The van der Waals surface area contributed by atoms with Gasteiger partial charge in [0.25, 0.3) is 5.56 Å². The number of aromatic nitrogens is 2. The van der Waals surface area contributed by atoms with E-state index in [-0.39, 0.29) is 23.4 Å². The molecule has 6 nitrogen and oxygen atoms in total. The van der Waals surface area contributed by atoms with Crippen molar-refractivity contribution in [2.24, 2.45) is 5.92 Å². The number of amides is 1. The molecule has 0 spiro atoms. The van der Waals surface area contributed by atoms with Gasteiger partial charge in [0.2, 0.25) is 5.91 Å². The molecule has 0 N–H and O–H groups in total. The predicted octanol–water partition coefficient (Wildman–Crippen LogP) is 3.30. The summed E-state index contributed by atoms with van der Waals surface area (Å²) in [6.07, 6.45) is 1.54. The zero-order valence-corrected chi connectivity index (χ0v) is 18.1. The van der Waals surface area contributed by atoms with Crippen molar-refractivity contribution in [3.63, 3.8) is 0 Å². The van der Waals surface area contributed by atoms with Crippen LogP contribution in [0.15, 0.2) is 29.1 Å². The minimum absolute atomic E-state index is 0.0227. The molecule has 1 aromatic carbocycles. The number of para-hydroxylation sites is 1. The van der Waals surface area contributed by atoms with E-state index in [9.17, 15) is 9.59 Å². The highest BCUT2D eigenvalue weighted by Gasteiger charge is 2.29. The fourth-order valence-electron chi connectivity index (χ4n) is 3.48. The number of carbonyl (C=O) groups excluding carboxylic acids is 1. The molecule has 1 aromatic heterocycles. The Morgan fingerprint density at radius 3 is 2.39 bits per heavy atom. The molecule has 0 aliphatic rings.